The molecule has 0 N–H and O–H groups in total. The van der Waals surface area contributed by atoms with E-state index in [9.17, 15) is 9.00 Å². The summed E-state index contributed by atoms with van der Waals surface area (Å²) in [5.74, 6) is 0.202. The summed E-state index contributed by atoms with van der Waals surface area (Å²) < 4.78 is 16.5. The van der Waals surface area contributed by atoms with E-state index >= 15 is 0 Å². The van der Waals surface area contributed by atoms with Crippen LogP contribution in [0.4, 0.5) is 0 Å². The maximum atomic E-state index is 11.9. The molecule has 0 spiro atoms. The van der Waals surface area contributed by atoms with Gasteiger partial charge in [0.2, 0.25) is 0 Å². The van der Waals surface area contributed by atoms with Crippen LogP contribution in [0.25, 0.3) is 0 Å². The van der Waals surface area contributed by atoms with Gasteiger partial charge in [-0.05, 0) is 24.7 Å². The number of nitrogens with zero attached hydrogens (tertiary/aromatic N) is 1. The Labute approximate surface area is 98.4 Å². The molecule has 16 heavy (non-hydrogen) atoms. The molecule has 0 amide bonds. The Morgan fingerprint density at radius 2 is 2.25 bits per heavy atom. The second kappa shape index (κ2) is 5.44. The summed E-state index contributed by atoms with van der Waals surface area (Å²) in [6.07, 6.45) is 2.75. The Morgan fingerprint density at radius 1 is 1.62 bits per heavy atom. The summed E-state index contributed by atoms with van der Waals surface area (Å²) in [5.41, 5.74) is -0.151. The van der Waals surface area contributed by atoms with Gasteiger partial charge in [0.05, 0.1) is 19.6 Å². The Morgan fingerprint density at radius 3 is 2.62 bits per heavy atom. The lowest BCUT2D eigenvalue weighted by Gasteiger charge is -2.14. The van der Waals surface area contributed by atoms with Crippen molar-refractivity contribution in [1.82, 2.24) is 0 Å². The third-order valence-corrected chi connectivity index (χ3v) is 4.95. The molecule has 4 nitrogen and oxygen atoms in total. The van der Waals surface area contributed by atoms with Crippen molar-refractivity contribution in [1.29, 1.82) is 5.26 Å². The quantitative estimate of drug-likeness (QED) is 0.661. The number of nitriles is 1. The Balaban J connectivity index is 2.51. The zero-order valence-electron chi connectivity index (χ0n) is 9.69. The summed E-state index contributed by atoms with van der Waals surface area (Å²) in [5, 5.41) is 8.40. The van der Waals surface area contributed by atoms with Crippen LogP contribution < -0.4 is 0 Å². The molecule has 0 aromatic heterocycles. The zero-order chi connectivity index (χ0) is 12.2. The third kappa shape index (κ3) is 3.31. The summed E-state index contributed by atoms with van der Waals surface area (Å²) in [7, 11) is 0.209. The van der Waals surface area contributed by atoms with Crippen LogP contribution in [0.1, 0.15) is 32.6 Å². The molecular formula is C11H17NO3S. The lowest BCUT2D eigenvalue weighted by Crippen LogP contribution is -2.23. The van der Waals surface area contributed by atoms with E-state index in [0.29, 0.717) is 18.6 Å². The molecule has 1 saturated carbocycles. The second-order valence-corrected chi connectivity index (χ2v) is 5.92. The molecule has 90 valence electrons. The summed E-state index contributed by atoms with van der Waals surface area (Å²) in [6.45, 7) is 1.85. The first-order valence-corrected chi connectivity index (χ1v) is 6.79. The molecule has 0 saturated heterocycles. The zero-order valence-corrected chi connectivity index (χ0v) is 10.5. The van der Waals surface area contributed by atoms with Crippen LogP contribution in [0.15, 0.2) is 0 Å². The number of hydrogen-bond acceptors (Lipinski definition) is 4. The molecule has 0 aromatic carbocycles. The monoisotopic (exact) mass is 243 g/mol. The minimum Gasteiger partial charge on any atom is -0.469 e. The van der Waals surface area contributed by atoms with Crippen molar-refractivity contribution < 1.29 is 13.7 Å². The van der Waals surface area contributed by atoms with Crippen LogP contribution in [0.3, 0.4) is 0 Å². The SMILES string of the molecule is CCC(C#N)S(=O)CC1(CC(=O)OC)CC1. The van der Waals surface area contributed by atoms with Crippen molar-refractivity contribution >= 4 is 16.8 Å². The fourth-order valence-electron chi connectivity index (χ4n) is 1.67. The molecule has 0 aromatic rings. The van der Waals surface area contributed by atoms with E-state index in [2.05, 4.69) is 10.8 Å². The molecule has 0 radical (unpaired) electrons. The van der Waals surface area contributed by atoms with Crippen LogP contribution >= 0.6 is 0 Å². The van der Waals surface area contributed by atoms with E-state index in [4.69, 9.17) is 5.26 Å². The molecule has 1 rings (SSSR count). The van der Waals surface area contributed by atoms with Gasteiger partial charge in [-0.3, -0.25) is 9.00 Å². The minimum atomic E-state index is -1.15. The lowest BCUT2D eigenvalue weighted by atomic mass is 10.1. The van der Waals surface area contributed by atoms with Gasteiger partial charge in [0.25, 0.3) is 0 Å². The normalized spacial score (nSPS) is 20.6. The molecule has 1 aliphatic rings. The number of hydrogen-bond donors (Lipinski definition) is 0. The van der Waals surface area contributed by atoms with Crippen LogP contribution in [0.5, 0.6) is 0 Å². The Bertz CT molecular complexity index is 331. The molecular weight excluding hydrogens is 226 g/mol. The van der Waals surface area contributed by atoms with Gasteiger partial charge in [-0.2, -0.15) is 5.26 Å². The number of methoxy groups -OCH3 is 1. The molecule has 1 fully saturated rings. The van der Waals surface area contributed by atoms with Crippen LogP contribution in [-0.2, 0) is 20.3 Å². The van der Waals surface area contributed by atoms with Crippen molar-refractivity contribution in [2.45, 2.75) is 37.9 Å². The highest BCUT2D eigenvalue weighted by molar-refractivity contribution is 7.85. The molecule has 2 unspecified atom stereocenters. The predicted octanol–water partition coefficient (Wildman–Crippen LogP) is 1.38. The van der Waals surface area contributed by atoms with Gasteiger partial charge in [-0.15, -0.1) is 0 Å². The van der Waals surface area contributed by atoms with E-state index in [1.807, 2.05) is 6.92 Å². The minimum absolute atomic E-state index is 0.151. The first kappa shape index (κ1) is 13.2. The molecule has 1 aliphatic carbocycles. The predicted molar refractivity (Wildman–Crippen MR) is 61.0 cm³/mol. The molecule has 5 heteroatoms. The number of ether oxygens (including phenoxy) is 1. The van der Waals surface area contributed by atoms with Crippen molar-refractivity contribution in [3.63, 3.8) is 0 Å². The summed E-state index contributed by atoms with van der Waals surface area (Å²) in [4.78, 5) is 11.2. The standard InChI is InChI=1S/C11H17NO3S/c1-3-9(7-12)16(14)8-11(4-5-11)6-10(13)15-2/h9H,3-6,8H2,1-2H3. The topological polar surface area (TPSA) is 67.2 Å². The highest BCUT2D eigenvalue weighted by Crippen LogP contribution is 2.49. The van der Waals surface area contributed by atoms with Gasteiger partial charge in [-0.1, -0.05) is 6.92 Å². The van der Waals surface area contributed by atoms with Gasteiger partial charge < -0.3 is 4.74 Å². The fourth-order valence-corrected chi connectivity index (χ4v) is 3.35. The van der Waals surface area contributed by atoms with Crippen LogP contribution in [0, 0.1) is 16.7 Å². The number of rotatable bonds is 6. The Hall–Kier alpha value is -0.890. The van der Waals surface area contributed by atoms with E-state index in [-0.39, 0.29) is 11.4 Å². The lowest BCUT2D eigenvalue weighted by molar-refractivity contribution is -0.141. The van der Waals surface area contributed by atoms with Crippen molar-refractivity contribution in [2.75, 3.05) is 12.9 Å². The second-order valence-electron chi connectivity index (χ2n) is 4.30. The molecule has 2 atom stereocenters. The van der Waals surface area contributed by atoms with Crippen LogP contribution in [-0.4, -0.2) is 28.3 Å². The fraction of sp³-hybridized carbons (Fsp3) is 0.818. The van der Waals surface area contributed by atoms with E-state index in [1.54, 1.807) is 0 Å². The number of esters is 1. The van der Waals surface area contributed by atoms with Crippen molar-refractivity contribution in [3.8, 4) is 6.07 Å². The van der Waals surface area contributed by atoms with Gasteiger partial charge in [0.1, 0.15) is 5.25 Å². The first-order chi connectivity index (χ1) is 7.56. The van der Waals surface area contributed by atoms with E-state index in [1.165, 1.54) is 7.11 Å². The molecule has 0 bridgehead atoms. The van der Waals surface area contributed by atoms with Gasteiger partial charge >= 0.3 is 5.97 Å². The largest absolute Gasteiger partial charge is 0.469 e. The van der Waals surface area contributed by atoms with Crippen LogP contribution in [0.2, 0.25) is 0 Å². The maximum absolute atomic E-state index is 11.9. The smallest absolute Gasteiger partial charge is 0.306 e. The average Bonchev–Trinajstić information content (AvgIpc) is 2.99. The number of carbonyl (C=O) groups is 1. The summed E-state index contributed by atoms with van der Waals surface area (Å²) in [6, 6.07) is 2.05. The average molecular weight is 243 g/mol. The van der Waals surface area contributed by atoms with Gasteiger partial charge in [-0.25, -0.2) is 0 Å². The molecule has 0 aliphatic heterocycles. The maximum Gasteiger partial charge on any atom is 0.306 e. The van der Waals surface area contributed by atoms with Crippen molar-refractivity contribution in [3.05, 3.63) is 0 Å². The van der Waals surface area contributed by atoms with Gasteiger partial charge in [0.15, 0.2) is 0 Å². The van der Waals surface area contributed by atoms with Gasteiger partial charge in [0, 0.05) is 16.6 Å². The highest BCUT2D eigenvalue weighted by atomic mass is 32.2. The first-order valence-electron chi connectivity index (χ1n) is 5.40. The third-order valence-electron chi connectivity index (χ3n) is 2.98. The Kier molecular flexibility index (Phi) is 4.48. The molecule has 0 heterocycles. The van der Waals surface area contributed by atoms with E-state index < -0.39 is 16.0 Å². The van der Waals surface area contributed by atoms with E-state index in [0.717, 1.165) is 12.8 Å². The highest BCUT2D eigenvalue weighted by Gasteiger charge is 2.46. The summed E-state index contributed by atoms with van der Waals surface area (Å²) >= 11 is 0. The number of carbonyl (C=O) groups excluding carboxylic acids is 1. The van der Waals surface area contributed by atoms with Crippen molar-refractivity contribution in [2.24, 2.45) is 5.41 Å².